The van der Waals surface area contributed by atoms with Crippen molar-refractivity contribution in [2.75, 3.05) is 7.05 Å². The summed E-state index contributed by atoms with van der Waals surface area (Å²) in [5.74, 6) is 0. The lowest BCUT2D eigenvalue weighted by Gasteiger charge is -2.20. The van der Waals surface area contributed by atoms with Crippen molar-refractivity contribution in [1.82, 2.24) is 10.3 Å². The largest absolute Gasteiger partial charge is 0.309 e. The van der Waals surface area contributed by atoms with Gasteiger partial charge in [0.2, 0.25) is 0 Å². The van der Waals surface area contributed by atoms with Crippen molar-refractivity contribution >= 4 is 22.4 Å². The van der Waals surface area contributed by atoms with Gasteiger partial charge in [-0.25, -0.2) is 0 Å². The molecule has 3 aromatic rings. The van der Waals surface area contributed by atoms with E-state index >= 15 is 0 Å². The maximum Gasteiger partial charge on any atom is 0.0595 e. The third kappa shape index (κ3) is 2.28. The molecule has 3 heteroatoms. The molecule has 1 aromatic heterocycles. The molecular formula is C17H15ClN2. The van der Waals surface area contributed by atoms with Gasteiger partial charge in [-0.3, -0.25) is 4.98 Å². The van der Waals surface area contributed by atoms with E-state index in [-0.39, 0.29) is 6.04 Å². The number of rotatable bonds is 3. The van der Waals surface area contributed by atoms with Crippen LogP contribution in [0.2, 0.25) is 5.02 Å². The van der Waals surface area contributed by atoms with Crippen LogP contribution in [0.1, 0.15) is 17.2 Å². The Labute approximate surface area is 123 Å². The lowest BCUT2D eigenvalue weighted by atomic mass is 9.95. The first-order chi connectivity index (χ1) is 9.81. The van der Waals surface area contributed by atoms with Gasteiger partial charge in [0.15, 0.2) is 0 Å². The first-order valence-electron chi connectivity index (χ1n) is 6.55. The van der Waals surface area contributed by atoms with E-state index in [1.807, 2.05) is 43.7 Å². The Morgan fingerprint density at radius 3 is 2.60 bits per heavy atom. The van der Waals surface area contributed by atoms with E-state index in [1.54, 1.807) is 0 Å². The van der Waals surface area contributed by atoms with Crippen LogP contribution in [0.4, 0.5) is 0 Å². The van der Waals surface area contributed by atoms with Crippen molar-refractivity contribution < 1.29 is 0 Å². The SMILES string of the molecule is CNC(c1ccccc1Cl)c1cccc2ccncc12. The summed E-state index contributed by atoms with van der Waals surface area (Å²) in [7, 11) is 1.95. The predicted molar refractivity (Wildman–Crippen MR) is 84.1 cm³/mol. The first-order valence-corrected chi connectivity index (χ1v) is 6.93. The van der Waals surface area contributed by atoms with E-state index in [0.717, 1.165) is 16.0 Å². The molecule has 1 unspecified atom stereocenters. The van der Waals surface area contributed by atoms with Gasteiger partial charge in [-0.1, -0.05) is 48.0 Å². The highest BCUT2D eigenvalue weighted by Crippen LogP contribution is 2.31. The number of hydrogen-bond acceptors (Lipinski definition) is 2. The Morgan fingerprint density at radius 2 is 1.80 bits per heavy atom. The summed E-state index contributed by atoms with van der Waals surface area (Å²) in [6.07, 6.45) is 3.72. The number of nitrogens with one attached hydrogen (secondary N) is 1. The Morgan fingerprint density at radius 1 is 1.00 bits per heavy atom. The average Bonchev–Trinajstić information content (AvgIpc) is 2.50. The van der Waals surface area contributed by atoms with Crippen LogP contribution in [0, 0.1) is 0 Å². The summed E-state index contributed by atoms with van der Waals surface area (Å²) in [6.45, 7) is 0. The van der Waals surface area contributed by atoms with Gasteiger partial charge in [-0.15, -0.1) is 0 Å². The maximum absolute atomic E-state index is 6.34. The molecule has 0 spiro atoms. The normalized spacial score (nSPS) is 12.5. The Balaban J connectivity index is 2.20. The fraction of sp³-hybridized carbons (Fsp3) is 0.118. The summed E-state index contributed by atoms with van der Waals surface area (Å²) in [5, 5.41) is 6.46. The number of halogens is 1. The van der Waals surface area contributed by atoms with Crippen molar-refractivity contribution in [2.24, 2.45) is 0 Å². The third-order valence-electron chi connectivity index (χ3n) is 3.53. The molecular weight excluding hydrogens is 268 g/mol. The minimum Gasteiger partial charge on any atom is -0.309 e. The van der Waals surface area contributed by atoms with Gasteiger partial charge < -0.3 is 5.32 Å². The molecule has 2 aromatic carbocycles. The molecule has 0 aliphatic carbocycles. The monoisotopic (exact) mass is 282 g/mol. The van der Waals surface area contributed by atoms with Crippen LogP contribution in [0.3, 0.4) is 0 Å². The van der Waals surface area contributed by atoms with Crippen molar-refractivity contribution in [1.29, 1.82) is 0 Å². The van der Waals surface area contributed by atoms with Gasteiger partial charge in [0.25, 0.3) is 0 Å². The van der Waals surface area contributed by atoms with E-state index in [4.69, 9.17) is 11.6 Å². The van der Waals surface area contributed by atoms with Crippen molar-refractivity contribution in [3.05, 3.63) is 77.1 Å². The standard InChI is InChI=1S/C17H15ClN2/c1-19-17(14-6-2-3-8-16(14)18)13-7-4-5-12-9-10-20-11-15(12)13/h2-11,17,19H,1H3. The number of fused-ring (bicyclic) bond motifs is 1. The van der Waals surface area contributed by atoms with Crippen LogP contribution in [0.25, 0.3) is 10.8 Å². The van der Waals surface area contributed by atoms with Gasteiger partial charge in [-0.2, -0.15) is 0 Å². The van der Waals surface area contributed by atoms with Gasteiger partial charge in [0.1, 0.15) is 0 Å². The zero-order valence-corrected chi connectivity index (χ0v) is 11.9. The molecule has 0 bridgehead atoms. The van der Waals surface area contributed by atoms with Gasteiger partial charge in [-0.05, 0) is 35.7 Å². The van der Waals surface area contributed by atoms with Crippen LogP contribution in [0.15, 0.2) is 60.9 Å². The highest BCUT2D eigenvalue weighted by Gasteiger charge is 2.16. The zero-order valence-electron chi connectivity index (χ0n) is 11.2. The zero-order chi connectivity index (χ0) is 13.9. The molecule has 0 saturated heterocycles. The summed E-state index contributed by atoms with van der Waals surface area (Å²) < 4.78 is 0. The maximum atomic E-state index is 6.34. The summed E-state index contributed by atoms with van der Waals surface area (Å²) in [6, 6.07) is 16.3. The molecule has 3 rings (SSSR count). The second-order valence-corrected chi connectivity index (χ2v) is 5.09. The van der Waals surface area contributed by atoms with Gasteiger partial charge >= 0.3 is 0 Å². The minimum absolute atomic E-state index is 0.0524. The molecule has 100 valence electrons. The predicted octanol–water partition coefficient (Wildman–Crippen LogP) is 4.20. The van der Waals surface area contributed by atoms with Crippen LogP contribution in [-0.4, -0.2) is 12.0 Å². The third-order valence-corrected chi connectivity index (χ3v) is 3.88. The molecule has 1 atom stereocenters. The highest BCUT2D eigenvalue weighted by atomic mass is 35.5. The molecule has 0 aliphatic heterocycles. The van der Waals surface area contributed by atoms with Crippen LogP contribution < -0.4 is 5.32 Å². The minimum atomic E-state index is 0.0524. The van der Waals surface area contributed by atoms with E-state index in [1.165, 1.54) is 10.9 Å². The quantitative estimate of drug-likeness (QED) is 0.779. The summed E-state index contributed by atoms with van der Waals surface area (Å²) >= 11 is 6.34. The first kappa shape index (κ1) is 13.1. The molecule has 0 radical (unpaired) electrons. The van der Waals surface area contributed by atoms with Crippen molar-refractivity contribution in [2.45, 2.75) is 6.04 Å². The van der Waals surface area contributed by atoms with E-state index < -0.39 is 0 Å². The van der Waals surface area contributed by atoms with Crippen LogP contribution >= 0.6 is 11.6 Å². The van der Waals surface area contributed by atoms with E-state index in [9.17, 15) is 0 Å². The number of aromatic nitrogens is 1. The summed E-state index contributed by atoms with van der Waals surface area (Å²) in [4.78, 5) is 4.25. The fourth-order valence-corrected chi connectivity index (χ4v) is 2.82. The van der Waals surface area contributed by atoms with Crippen LogP contribution in [0.5, 0.6) is 0 Å². The lowest BCUT2D eigenvalue weighted by Crippen LogP contribution is -2.18. The molecule has 2 nitrogen and oxygen atoms in total. The molecule has 0 amide bonds. The fourth-order valence-electron chi connectivity index (χ4n) is 2.58. The second-order valence-electron chi connectivity index (χ2n) is 4.69. The molecule has 20 heavy (non-hydrogen) atoms. The molecule has 0 aliphatic rings. The smallest absolute Gasteiger partial charge is 0.0595 e. The van der Waals surface area contributed by atoms with Gasteiger partial charge in [0, 0.05) is 22.8 Å². The topological polar surface area (TPSA) is 24.9 Å². The summed E-state index contributed by atoms with van der Waals surface area (Å²) in [5.41, 5.74) is 2.26. The number of hydrogen-bond donors (Lipinski definition) is 1. The van der Waals surface area contributed by atoms with Crippen molar-refractivity contribution in [3.63, 3.8) is 0 Å². The Kier molecular flexibility index (Phi) is 3.68. The number of pyridine rings is 1. The van der Waals surface area contributed by atoms with E-state index in [0.29, 0.717) is 0 Å². The van der Waals surface area contributed by atoms with Crippen LogP contribution in [-0.2, 0) is 0 Å². The van der Waals surface area contributed by atoms with E-state index in [2.05, 4.69) is 34.6 Å². The molecule has 1 heterocycles. The molecule has 0 saturated carbocycles. The molecule has 1 N–H and O–H groups in total. The molecule has 0 fully saturated rings. The second kappa shape index (κ2) is 5.61. The average molecular weight is 283 g/mol. The van der Waals surface area contributed by atoms with Gasteiger partial charge in [0.05, 0.1) is 6.04 Å². The number of nitrogens with zero attached hydrogens (tertiary/aromatic N) is 1. The Bertz CT molecular complexity index is 734. The van der Waals surface area contributed by atoms with Crippen molar-refractivity contribution in [3.8, 4) is 0 Å². The Hall–Kier alpha value is -1.90. The highest BCUT2D eigenvalue weighted by molar-refractivity contribution is 6.31. The lowest BCUT2D eigenvalue weighted by molar-refractivity contribution is 0.697. The number of benzene rings is 2.